The third-order valence-electron chi connectivity index (χ3n) is 4.50. The Kier molecular flexibility index (Phi) is 6.58. The van der Waals surface area contributed by atoms with Gasteiger partial charge in [0.1, 0.15) is 12.0 Å². The van der Waals surface area contributed by atoms with Gasteiger partial charge in [0.05, 0.1) is 23.8 Å². The van der Waals surface area contributed by atoms with Gasteiger partial charge >= 0.3 is 0 Å². The Labute approximate surface area is 172 Å². The van der Waals surface area contributed by atoms with Crippen molar-refractivity contribution in [2.24, 2.45) is 5.16 Å². The van der Waals surface area contributed by atoms with Crippen LogP contribution in [0.2, 0.25) is 0 Å². The summed E-state index contributed by atoms with van der Waals surface area (Å²) in [7, 11) is 1.33. The first-order valence-corrected chi connectivity index (χ1v) is 9.16. The van der Waals surface area contributed by atoms with Gasteiger partial charge < -0.3 is 19.8 Å². The number of aryl methyl sites for hydroxylation is 1. The van der Waals surface area contributed by atoms with Crippen LogP contribution >= 0.6 is 0 Å². The summed E-state index contributed by atoms with van der Waals surface area (Å²) in [6.45, 7) is 0.294. The smallest absolute Gasteiger partial charge is 0.273 e. The van der Waals surface area contributed by atoms with Crippen LogP contribution in [0, 0.1) is 10.1 Å². The molecule has 0 bridgehead atoms. The summed E-state index contributed by atoms with van der Waals surface area (Å²) in [5.41, 5.74) is 2.04. The summed E-state index contributed by atoms with van der Waals surface area (Å²) < 4.78 is 5.04. The van der Waals surface area contributed by atoms with Crippen molar-refractivity contribution >= 4 is 35.1 Å². The van der Waals surface area contributed by atoms with Crippen LogP contribution in [0.25, 0.3) is 0 Å². The standard InChI is InChI=1S/C20H20N4O6/c1-29-18-11-15(24(27)28)8-9-16(18)22-19(25)12-21-30-13-20(26)23-10-4-6-14-5-2-3-7-17(14)23/h2-3,5,7-9,11-12H,4,6,10,13H2,1H3,(H,22,25)/b21-12-. The summed E-state index contributed by atoms with van der Waals surface area (Å²) in [5.74, 6) is -0.763. The van der Waals surface area contributed by atoms with Crippen molar-refractivity contribution in [1.82, 2.24) is 0 Å². The van der Waals surface area contributed by atoms with Gasteiger partial charge in [-0.25, -0.2) is 0 Å². The minimum Gasteiger partial charge on any atom is -0.494 e. The fraction of sp³-hybridized carbons (Fsp3) is 0.250. The Morgan fingerprint density at radius 2 is 2.10 bits per heavy atom. The highest BCUT2D eigenvalue weighted by atomic mass is 16.6. The number of para-hydroxylation sites is 1. The van der Waals surface area contributed by atoms with E-state index in [-0.39, 0.29) is 29.6 Å². The Bertz CT molecular complexity index is 991. The predicted molar refractivity (Wildman–Crippen MR) is 110 cm³/mol. The third-order valence-corrected chi connectivity index (χ3v) is 4.50. The molecule has 2 aromatic carbocycles. The number of amides is 2. The number of non-ortho nitro benzene ring substituents is 1. The van der Waals surface area contributed by atoms with Crippen LogP contribution in [0.1, 0.15) is 12.0 Å². The zero-order valence-corrected chi connectivity index (χ0v) is 16.2. The molecule has 2 amide bonds. The van der Waals surface area contributed by atoms with Crippen LogP contribution < -0.4 is 15.0 Å². The van der Waals surface area contributed by atoms with Crippen LogP contribution in [0.3, 0.4) is 0 Å². The molecule has 0 radical (unpaired) electrons. The van der Waals surface area contributed by atoms with E-state index in [9.17, 15) is 19.7 Å². The molecule has 0 aromatic heterocycles. The number of carbonyl (C=O) groups excluding carboxylic acids is 2. The fourth-order valence-corrected chi connectivity index (χ4v) is 3.11. The number of oxime groups is 1. The summed E-state index contributed by atoms with van der Waals surface area (Å²) in [4.78, 5) is 41.3. The molecule has 0 saturated carbocycles. The molecule has 156 valence electrons. The van der Waals surface area contributed by atoms with Gasteiger partial charge in [-0.15, -0.1) is 0 Å². The average molecular weight is 412 g/mol. The van der Waals surface area contributed by atoms with Crippen LogP contribution in [0.15, 0.2) is 47.6 Å². The summed E-state index contributed by atoms with van der Waals surface area (Å²) >= 11 is 0. The number of carbonyl (C=O) groups is 2. The van der Waals surface area contributed by atoms with E-state index < -0.39 is 10.8 Å². The lowest BCUT2D eigenvalue weighted by atomic mass is 10.0. The Morgan fingerprint density at radius 1 is 1.30 bits per heavy atom. The molecule has 10 nitrogen and oxygen atoms in total. The molecule has 0 spiro atoms. The molecule has 30 heavy (non-hydrogen) atoms. The van der Waals surface area contributed by atoms with E-state index >= 15 is 0 Å². The minimum atomic E-state index is -0.641. The number of methoxy groups -OCH3 is 1. The lowest BCUT2D eigenvalue weighted by molar-refractivity contribution is -0.384. The maximum atomic E-state index is 12.4. The van der Waals surface area contributed by atoms with E-state index in [1.807, 2.05) is 24.3 Å². The second kappa shape index (κ2) is 9.50. The topological polar surface area (TPSA) is 123 Å². The molecule has 0 fully saturated rings. The predicted octanol–water partition coefficient (Wildman–Crippen LogP) is 2.52. The zero-order chi connectivity index (χ0) is 21.5. The molecule has 0 saturated heterocycles. The number of benzene rings is 2. The summed E-state index contributed by atoms with van der Waals surface area (Å²) in [5, 5.41) is 16.8. The Hall–Kier alpha value is -3.95. The fourth-order valence-electron chi connectivity index (χ4n) is 3.11. The highest BCUT2D eigenvalue weighted by Gasteiger charge is 2.22. The van der Waals surface area contributed by atoms with Crippen molar-refractivity contribution in [3.63, 3.8) is 0 Å². The van der Waals surface area contributed by atoms with E-state index in [0.717, 1.165) is 30.3 Å². The molecule has 2 aromatic rings. The second-order valence-electron chi connectivity index (χ2n) is 6.42. The number of nitrogens with one attached hydrogen (secondary N) is 1. The molecule has 0 unspecified atom stereocenters. The number of nitro groups is 1. The monoisotopic (exact) mass is 412 g/mol. The molecule has 0 atom stereocenters. The molecular formula is C20H20N4O6. The number of rotatable bonds is 7. The van der Waals surface area contributed by atoms with Crippen LogP contribution in [-0.2, 0) is 20.8 Å². The SMILES string of the molecule is COc1cc([N+](=O)[O-])ccc1NC(=O)/C=N\OCC(=O)N1CCCc2ccccc21. The van der Waals surface area contributed by atoms with Crippen LogP contribution in [0.4, 0.5) is 17.1 Å². The van der Waals surface area contributed by atoms with E-state index in [4.69, 9.17) is 9.57 Å². The zero-order valence-electron chi connectivity index (χ0n) is 16.2. The molecule has 1 aliphatic heterocycles. The number of fused-ring (bicyclic) bond motifs is 1. The highest BCUT2D eigenvalue weighted by molar-refractivity contribution is 6.31. The van der Waals surface area contributed by atoms with Gasteiger partial charge in [-0.1, -0.05) is 23.4 Å². The van der Waals surface area contributed by atoms with Gasteiger partial charge in [-0.2, -0.15) is 0 Å². The van der Waals surface area contributed by atoms with E-state index in [1.54, 1.807) is 4.90 Å². The average Bonchev–Trinajstić information content (AvgIpc) is 2.76. The first kappa shape index (κ1) is 20.8. The number of anilines is 2. The van der Waals surface area contributed by atoms with Gasteiger partial charge in [0.2, 0.25) is 0 Å². The maximum absolute atomic E-state index is 12.4. The van der Waals surface area contributed by atoms with Crippen molar-refractivity contribution in [1.29, 1.82) is 0 Å². The molecule has 0 aliphatic carbocycles. The molecule has 1 aliphatic rings. The van der Waals surface area contributed by atoms with Gasteiger partial charge in [0, 0.05) is 18.3 Å². The number of ether oxygens (including phenoxy) is 1. The van der Waals surface area contributed by atoms with Gasteiger partial charge in [-0.3, -0.25) is 19.7 Å². The number of hydrogen-bond acceptors (Lipinski definition) is 7. The van der Waals surface area contributed by atoms with Crippen molar-refractivity contribution in [3.8, 4) is 5.75 Å². The summed E-state index contributed by atoms with van der Waals surface area (Å²) in [6.07, 6.45) is 2.66. The summed E-state index contributed by atoms with van der Waals surface area (Å²) in [6, 6.07) is 11.5. The first-order valence-electron chi connectivity index (χ1n) is 9.16. The quantitative estimate of drug-likeness (QED) is 0.423. The number of nitro benzene ring substituents is 1. The third kappa shape index (κ3) is 4.90. The van der Waals surface area contributed by atoms with Crippen LogP contribution in [0.5, 0.6) is 5.75 Å². The van der Waals surface area contributed by atoms with E-state index in [0.29, 0.717) is 6.54 Å². The first-order chi connectivity index (χ1) is 14.5. The Balaban J connectivity index is 1.53. The van der Waals surface area contributed by atoms with Crippen molar-refractivity contribution in [2.45, 2.75) is 12.8 Å². The van der Waals surface area contributed by atoms with E-state index in [1.165, 1.54) is 25.3 Å². The lowest BCUT2D eigenvalue weighted by Crippen LogP contribution is -2.37. The normalized spacial score (nSPS) is 12.9. The maximum Gasteiger partial charge on any atom is 0.273 e. The van der Waals surface area contributed by atoms with Crippen molar-refractivity contribution < 1.29 is 24.1 Å². The van der Waals surface area contributed by atoms with Crippen LogP contribution in [-0.4, -0.2) is 43.2 Å². The Morgan fingerprint density at radius 3 is 2.87 bits per heavy atom. The van der Waals surface area contributed by atoms with Gasteiger partial charge in [0.25, 0.3) is 17.5 Å². The number of nitrogens with zero attached hydrogens (tertiary/aromatic N) is 3. The van der Waals surface area contributed by atoms with Gasteiger partial charge in [0.15, 0.2) is 6.61 Å². The highest BCUT2D eigenvalue weighted by Crippen LogP contribution is 2.29. The second-order valence-corrected chi connectivity index (χ2v) is 6.42. The molecule has 10 heteroatoms. The number of hydrogen-bond donors (Lipinski definition) is 1. The molecule has 1 N–H and O–H groups in total. The van der Waals surface area contributed by atoms with Gasteiger partial charge in [-0.05, 0) is 30.5 Å². The molecule has 3 rings (SSSR count). The molecular weight excluding hydrogens is 392 g/mol. The van der Waals surface area contributed by atoms with Crippen molar-refractivity contribution in [3.05, 3.63) is 58.1 Å². The largest absolute Gasteiger partial charge is 0.494 e. The van der Waals surface area contributed by atoms with Crippen molar-refractivity contribution in [2.75, 3.05) is 30.5 Å². The molecule has 1 heterocycles. The minimum absolute atomic E-state index is 0.130. The van der Waals surface area contributed by atoms with E-state index in [2.05, 4.69) is 10.5 Å². The lowest BCUT2D eigenvalue weighted by Gasteiger charge is -2.28.